The van der Waals surface area contributed by atoms with E-state index in [1.807, 2.05) is 78.9 Å². The van der Waals surface area contributed by atoms with Gasteiger partial charge < -0.3 is 5.32 Å². The molecule has 148 valence electrons. The maximum absolute atomic E-state index is 12.8. The minimum atomic E-state index is -0.152. The number of anilines is 1. The largest absolute Gasteiger partial charge is 0.320 e. The van der Waals surface area contributed by atoms with Gasteiger partial charge in [0.15, 0.2) is 0 Å². The lowest BCUT2D eigenvalue weighted by molar-refractivity contribution is 0.102. The Kier molecular flexibility index (Phi) is 4.99. The molecule has 4 aromatic carbocycles. The molecule has 0 fully saturated rings. The van der Waals surface area contributed by atoms with Crippen LogP contribution < -0.4 is 5.32 Å². The van der Waals surface area contributed by atoms with E-state index in [1.165, 1.54) is 0 Å². The number of nitrogens with one attached hydrogen (secondary N) is 1. The van der Waals surface area contributed by atoms with E-state index in [1.54, 1.807) is 12.1 Å². The van der Waals surface area contributed by atoms with Crippen molar-refractivity contribution in [1.82, 2.24) is 4.98 Å². The molecule has 3 nitrogen and oxygen atoms in total. The Labute approximate surface area is 181 Å². The van der Waals surface area contributed by atoms with Crippen molar-refractivity contribution in [3.63, 3.8) is 0 Å². The van der Waals surface area contributed by atoms with Crippen LogP contribution in [0.3, 0.4) is 0 Å². The van der Waals surface area contributed by atoms with E-state index in [0.717, 1.165) is 33.3 Å². The number of pyridine rings is 1. The van der Waals surface area contributed by atoms with Crippen LogP contribution >= 0.6 is 0 Å². The van der Waals surface area contributed by atoms with Crippen molar-refractivity contribution in [3.8, 4) is 22.4 Å². The first kappa shape index (κ1) is 18.8. The van der Waals surface area contributed by atoms with Gasteiger partial charge in [0.1, 0.15) is 0 Å². The average molecular weight is 400 g/mol. The number of amides is 1. The Balaban J connectivity index is 1.70. The Hall–Kier alpha value is -4.24. The summed E-state index contributed by atoms with van der Waals surface area (Å²) in [6, 6.07) is 37.6. The highest BCUT2D eigenvalue weighted by atomic mass is 16.1. The number of fused-ring (bicyclic) bond motifs is 1. The normalized spacial score (nSPS) is 10.7. The number of hydrogen-bond donors (Lipinski definition) is 1. The molecule has 3 heteroatoms. The number of hydrogen-bond acceptors (Lipinski definition) is 2. The zero-order valence-corrected chi connectivity index (χ0v) is 16.8. The molecule has 0 saturated carbocycles. The predicted molar refractivity (Wildman–Crippen MR) is 127 cm³/mol. The molecule has 1 N–H and O–H groups in total. The van der Waals surface area contributed by atoms with E-state index in [-0.39, 0.29) is 5.91 Å². The molecule has 5 aromatic rings. The van der Waals surface area contributed by atoms with Crippen molar-refractivity contribution in [2.75, 3.05) is 5.32 Å². The average Bonchev–Trinajstić information content (AvgIpc) is 2.85. The smallest absolute Gasteiger partial charge is 0.255 e. The van der Waals surface area contributed by atoms with Gasteiger partial charge in [-0.05, 0) is 35.4 Å². The van der Waals surface area contributed by atoms with E-state index >= 15 is 0 Å². The lowest BCUT2D eigenvalue weighted by Gasteiger charge is -2.14. The number of rotatable bonds is 4. The van der Waals surface area contributed by atoms with Crippen LogP contribution in [0.4, 0.5) is 5.69 Å². The second kappa shape index (κ2) is 8.25. The molecule has 0 radical (unpaired) electrons. The first-order valence-corrected chi connectivity index (χ1v) is 10.2. The molecular weight excluding hydrogens is 380 g/mol. The molecular formula is C28H20N2O. The molecule has 0 atom stereocenters. The van der Waals surface area contributed by atoms with Gasteiger partial charge in [0.2, 0.25) is 0 Å². The summed E-state index contributed by atoms with van der Waals surface area (Å²) in [6.07, 6.45) is 0. The molecule has 0 spiro atoms. The van der Waals surface area contributed by atoms with Crippen LogP contribution in [0.1, 0.15) is 10.4 Å². The monoisotopic (exact) mass is 400 g/mol. The van der Waals surface area contributed by atoms with Gasteiger partial charge in [0, 0.05) is 16.5 Å². The third-order valence-electron chi connectivity index (χ3n) is 5.28. The standard InChI is InChI=1S/C28H20N2O/c31-28(22-15-8-3-9-16-22)30-25-18-10-17-23-24(20-11-4-1-5-12-20)19-26(29-27(23)25)21-13-6-2-7-14-21/h1-19H,(H,30,31). The number of para-hydroxylation sites is 1. The Morgan fingerprint density at radius 2 is 1.26 bits per heavy atom. The summed E-state index contributed by atoms with van der Waals surface area (Å²) in [5.41, 5.74) is 6.17. The topological polar surface area (TPSA) is 42.0 Å². The maximum atomic E-state index is 12.8. The summed E-state index contributed by atoms with van der Waals surface area (Å²) in [6.45, 7) is 0. The third-order valence-corrected chi connectivity index (χ3v) is 5.28. The molecule has 0 aliphatic carbocycles. The zero-order chi connectivity index (χ0) is 21.0. The van der Waals surface area contributed by atoms with Gasteiger partial charge in [-0.1, -0.05) is 91.0 Å². The Morgan fingerprint density at radius 3 is 1.94 bits per heavy atom. The lowest BCUT2D eigenvalue weighted by atomic mass is 9.97. The van der Waals surface area contributed by atoms with E-state index < -0.39 is 0 Å². The predicted octanol–water partition coefficient (Wildman–Crippen LogP) is 6.82. The minimum absolute atomic E-state index is 0.152. The fraction of sp³-hybridized carbons (Fsp3) is 0. The van der Waals surface area contributed by atoms with E-state index in [2.05, 4.69) is 29.6 Å². The fourth-order valence-corrected chi connectivity index (χ4v) is 3.75. The number of aromatic nitrogens is 1. The van der Waals surface area contributed by atoms with Gasteiger partial charge >= 0.3 is 0 Å². The molecule has 1 heterocycles. The van der Waals surface area contributed by atoms with Gasteiger partial charge in [-0.25, -0.2) is 4.98 Å². The number of benzene rings is 4. The summed E-state index contributed by atoms with van der Waals surface area (Å²) in [5.74, 6) is -0.152. The van der Waals surface area contributed by atoms with Crippen molar-refractivity contribution in [2.24, 2.45) is 0 Å². The van der Waals surface area contributed by atoms with Gasteiger partial charge in [0.05, 0.1) is 16.9 Å². The highest BCUT2D eigenvalue weighted by Gasteiger charge is 2.14. The van der Waals surface area contributed by atoms with Gasteiger partial charge in [-0.2, -0.15) is 0 Å². The Morgan fingerprint density at radius 1 is 0.645 bits per heavy atom. The SMILES string of the molecule is O=C(Nc1cccc2c(-c3ccccc3)cc(-c3ccccc3)nc12)c1ccccc1. The van der Waals surface area contributed by atoms with Crippen LogP contribution in [0.2, 0.25) is 0 Å². The van der Waals surface area contributed by atoms with Crippen molar-refractivity contribution >= 4 is 22.5 Å². The number of carbonyl (C=O) groups excluding carboxylic acids is 1. The second-order valence-corrected chi connectivity index (χ2v) is 7.31. The minimum Gasteiger partial charge on any atom is -0.320 e. The summed E-state index contributed by atoms with van der Waals surface area (Å²) >= 11 is 0. The molecule has 1 amide bonds. The van der Waals surface area contributed by atoms with Crippen LogP contribution in [0.15, 0.2) is 115 Å². The van der Waals surface area contributed by atoms with Gasteiger partial charge in [0.25, 0.3) is 5.91 Å². The van der Waals surface area contributed by atoms with E-state index in [9.17, 15) is 4.79 Å². The van der Waals surface area contributed by atoms with Crippen LogP contribution in [0, 0.1) is 0 Å². The summed E-state index contributed by atoms with van der Waals surface area (Å²) < 4.78 is 0. The van der Waals surface area contributed by atoms with Crippen molar-refractivity contribution in [2.45, 2.75) is 0 Å². The molecule has 31 heavy (non-hydrogen) atoms. The Bertz CT molecular complexity index is 1350. The molecule has 0 unspecified atom stereocenters. The highest BCUT2D eigenvalue weighted by Crippen LogP contribution is 2.35. The van der Waals surface area contributed by atoms with E-state index in [4.69, 9.17) is 4.98 Å². The molecule has 0 bridgehead atoms. The van der Waals surface area contributed by atoms with Gasteiger partial charge in [-0.15, -0.1) is 0 Å². The highest BCUT2D eigenvalue weighted by molar-refractivity contribution is 6.10. The van der Waals surface area contributed by atoms with Crippen LogP contribution in [0.25, 0.3) is 33.3 Å². The van der Waals surface area contributed by atoms with Crippen LogP contribution in [0.5, 0.6) is 0 Å². The maximum Gasteiger partial charge on any atom is 0.255 e. The fourth-order valence-electron chi connectivity index (χ4n) is 3.75. The van der Waals surface area contributed by atoms with Crippen LogP contribution in [-0.4, -0.2) is 10.9 Å². The number of carbonyl (C=O) groups is 1. The lowest BCUT2D eigenvalue weighted by Crippen LogP contribution is -2.12. The molecule has 0 aliphatic heterocycles. The summed E-state index contributed by atoms with van der Waals surface area (Å²) in [5, 5.41) is 4.05. The third kappa shape index (κ3) is 3.81. The number of nitrogens with zero attached hydrogens (tertiary/aromatic N) is 1. The van der Waals surface area contributed by atoms with Crippen molar-refractivity contribution in [3.05, 3.63) is 121 Å². The van der Waals surface area contributed by atoms with Crippen molar-refractivity contribution in [1.29, 1.82) is 0 Å². The van der Waals surface area contributed by atoms with E-state index in [0.29, 0.717) is 11.3 Å². The summed E-state index contributed by atoms with van der Waals surface area (Å²) in [4.78, 5) is 17.8. The van der Waals surface area contributed by atoms with Gasteiger partial charge in [-0.3, -0.25) is 4.79 Å². The first-order valence-electron chi connectivity index (χ1n) is 10.2. The zero-order valence-electron chi connectivity index (χ0n) is 16.8. The molecule has 0 saturated heterocycles. The van der Waals surface area contributed by atoms with Crippen molar-refractivity contribution < 1.29 is 4.79 Å². The van der Waals surface area contributed by atoms with Crippen LogP contribution in [-0.2, 0) is 0 Å². The quantitative estimate of drug-likeness (QED) is 0.360. The molecule has 1 aromatic heterocycles. The first-order chi connectivity index (χ1) is 15.3. The molecule has 5 rings (SSSR count). The molecule has 0 aliphatic rings. The second-order valence-electron chi connectivity index (χ2n) is 7.31. The summed E-state index contributed by atoms with van der Waals surface area (Å²) in [7, 11) is 0.